The first-order chi connectivity index (χ1) is 18.4. The Morgan fingerprint density at radius 3 is 2.03 bits per heavy atom. The Labute approximate surface area is 227 Å². The van der Waals surface area contributed by atoms with E-state index in [2.05, 4.69) is 94.3 Å². The summed E-state index contributed by atoms with van der Waals surface area (Å²) < 4.78 is 0. The molecule has 2 aliphatic rings. The highest BCUT2D eigenvalue weighted by Crippen LogP contribution is 2.36. The van der Waals surface area contributed by atoms with E-state index in [0.29, 0.717) is 17.6 Å². The third-order valence-electron chi connectivity index (χ3n) is 8.94. The summed E-state index contributed by atoms with van der Waals surface area (Å²) in [5.74, 6) is 0.0785. The topological polar surface area (TPSA) is 52.6 Å². The van der Waals surface area contributed by atoms with Gasteiger partial charge in [0.15, 0.2) is 0 Å². The van der Waals surface area contributed by atoms with Gasteiger partial charge < -0.3 is 9.80 Å². The molecule has 38 heavy (non-hydrogen) atoms. The highest BCUT2D eigenvalue weighted by atomic mass is 16.2. The second-order valence-corrected chi connectivity index (χ2v) is 11.3. The van der Waals surface area contributed by atoms with Crippen molar-refractivity contribution in [2.75, 3.05) is 31.1 Å². The molecule has 2 aliphatic heterocycles. The van der Waals surface area contributed by atoms with Crippen LogP contribution in [-0.4, -0.2) is 63.4 Å². The van der Waals surface area contributed by atoms with Crippen molar-refractivity contribution in [2.24, 2.45) is 0 Å². The fourth-order valence-corrected chi connectivity index (χ4v) is 6.50. The third kappa shape index (κ3) is 5.32. The van der Waals surface area contributed by atoms with Crippen molar-refractivity contribution in [2.45, 2.75) is 71.0 Å². The number of para-hydroxylation sites is 1. The Bertz CT molecular complexity index is 1190. The van der Waals surface area contributed by atoms with Crippen LogP contribution in [0, 0.1) is 13.8 Å². The van der Waals surface area contributed by atoms with Gasteiger partial charge in [-0.05, 0) is 71.1 Å². The van der Waals surface area contributed by atoms with E-state index in [1.807, 2.05) is 18.7 Å². The van der Waals surface area contributed by atoms with Gasteiger partial charge in [0.2, 0.25) is 0 Å². The van der Waals surface area contributed by atoms with Gasteiger partial charge in [-0.15, -0.1) is 0 Å². The van der Waals surface area contributed by atoms with E-state index in [1.165, 1.54) is 17.6 Å². The van der Waals surface area contributed by atoms with Crippen molar-refractivity contribution < 1.29 is 4.79 Å². The lowest BCUT2D eigenvalue weighted by Crippen LogP contribution is -2.58. The molecule has 3 heterocycles. The summed E-state index contributed by atoms with van der Waals surface area (Å²) in [6.07, 6.45) is 5.82. The minimum atomic E-state index is 0.0785. The lowest BCUT2D eigenvalue weighted by atomic mass is 9.85. The molecule has 0 aliphatic carbocycles. The van der Waals surface area contributed by atoms with Gasteiger partial charge in [-0.25, -0.2) is 9.97 Å². The molecule has 0 radical (unpaired) electrons. The van der Waals surface area contributed by atoms with Gasteiger partial charge in [-0.3, -0.25) is 9.69 Å². The summed E-state index contributed by atoms with van der Waals surface area (Å²) in [4.78, 5) is 29.2. The van der Waals surface area contributed by atoms with Crippen LogP contribution in [0.15, 0.2) is 67.0 Å². The average Bonchev–Trinajstić information content (AvgIpc) is 2.95. The molecule has 2 saturated heterocycles. The summed E-state index contributed by atoms with van der Waals surface area (Å²) in [5, 5.41) is 0. The van der Waals surface area contributed by atoms with Gasteiger partial charge in [0.05, 0.1) is 23.0 Å². The minimum Gasteiger partial charge on any atom is -0.362 e. The molecule has 6 nitrogen and oxygen atoms in total. The number of carbonyl (C=O) groups is 1. The smallest absolute Gasteiger partial charge is 0.257 e. The van der Waals surface area contributed by atoms with Crippen molar-refractivity contribution >= 4 is 11.6 Å². The number of rotatable bonds is 6. The number of likely N-dealkylation sites (tertiary alicyclic amines) is 2. The summed E-state index contributed by atoms with van der Waals surface area (Å²) in [6.45, 7) is 12.3. The zero-order valence-electron chi connectivity index (χ0n) is 23.3. The molecule has 3 aromatic rings. The van der Waals surface area contributed by atoms with Crippen LogP contribution in [0.25, 0.3) is 0 Å². The average molecular weight is 512 g/mol. The zero-order valence-corrected chi connectivity index (χ0v) is 23.3. The summed E-state index contributed by atoms with van der Waals surface area (Å²) in [7, 11) is 0. The second-order valence-electron chi connectivity index (χ2n) is 11.3. The Morgan fingerprint density at radius 1 is 0.895 bits per heavy atom. The fourth-order valence-electron chi connectivity index (χ4n) is 6.50. The van der Waals surface area contributed by atoms with E-state index < -0.39 is 0 Å². The molecule has 1 unspecified atom stereocenters. The molecule has 1 atom stereocenters. The number of anilines is 1. The monoisotopic (exact) mass is 511 g/mol. The molecule has 0 saturated carbocycles. The molecule has 2 fully saturated rings. The molecule has 5 rings (SSSR count). The van der Waals surface area contributed by atoms with Crippen LogP contribution in [0.1, 0.15) is 72.9 Å². The van der Waals surface area contributed by atoms with Gasteiger partial charge in [-0.1, -0.05) is 48.5 Å². The number of piperidine rings is 2. The Balaban J connectivity index is 1.24. The number of amides is 1. The number of aromatic nitrogens is 2. The predicted molar refractivity (Wildman–Crippen MR) is 153 cm³/mol. The molecule has 1 aromatic heterocycles. The molecule has 1 amide bonds. The maximum atomic E-state index is 13.3. The number of hydrogen-bond acceptors (Lipinski definition) is 5. The van der Waals surface area contributed by atoms with E-state index in [1.54, 1.807) is 0 Å². The molecule has 0 bridgehead atoms. The Kier molecular flexibility index (Phi) is 7.80. The van der Waals surface area contributed by atoms with Crippen LogP contribution < -0.4 is 4.90 Å². The molecular weight excluding hydrogens is 470 g/mol. The van der Waals surface area contributed by atoms with E-state index in [9.17, 15) is 4.79 Å². The van der Waals surface area contributed by atoms with Crippen LogP contribution in [-0.2, 0) is 0 Å². The summed E-state index contributed by atoms with van der Waals surface area (Å²) in [5.41, 5.74) is 5.00. The first-order valence-electron chi connectivity index (χ1n) is 14.1. The van der Waals surface area contributed by atoms with Crippen molar-refractivity contribution in [3.05, 3.63) is 89.5 Å². The zero-order chi connectivity index (χ0) is 26.7. The van der Waals surface area contributed by atoms with Crippen LogP contribution in [0.5, 0.6) is 0 Å². The fraction of sp³-hybridized carbons (Fsp3) is 0.469. The highest BCUT2D eigenvalue weighted by molar-refractivity contribution is 5.96. The maximum absolute atomic E-state index is 13.3. The number of hydrogen-bond donors (Lipinski definition) is 0. The molecular formula is C32H41N5O. The standard InChI is InChI=1S/C32H41N5O/c1-24-30(25(2)34-23-33-24)31(38)35-21-17-32(4,18-22-35)36-19-15-29(16-20-36)37(28-13-9-6-10-14-28)26(3)27-11-7-5-8-12-27/h5-14,23,26,29H,15-22H2,1-4H3. The number of carbonyl (C=O) groups excluding carboxylic acids is 1. The SMILES string of the molecule is Cc1ncnc(C)c1C(=O)N1CCC(C)(N2CCC(N(c3ccccc3)C(C)c3ccccc3)CC2)CC1. The van der Waals surface area contributed by atoms with Crippen molar-refractivity contribution in [1.82, 2.24) is 19.8 Å². The molecule has 0 spiro atoms. The molecule has 200 valence electrons. The molecule has 6 heteroatoms. The van der Waals surface area contributed by atoms with Gasteiger partial charge in [0.25, 0.3) is 5.91 Å². The van der Waals surface area contributed by atoms with Crippen LogP contribution in [0.4, 0.5) is 5.69 Å². The number of benzene rings is 2. The van der Waals surface area contributed by atoms with Crippen LogP contribution >= 0.6 is 0 Å². The van der Waals surface area contributed by atoms with E-state index in [0.717, 1.165) is 63.3 Å². The highest BCUT2D eigenvalue weighted by Gasteiger charge is 2.40. The largest absolute Gasteiger partial charge is 0.362 e. The van der Waals surface area contributed by atoms with Gasteiger partial charge in [-0.2, -0.15) is 0 Å². The van der Waals surface area contributed by atoms with Gasteiger partial charge in [0, 0.05) is 43.4 Å². The Hall–Kier alpha value is -3.25. The lowest BCUT2D eigenvalue weighted by Gasteiger charge is -2.51. The quantitative estimate of drug-likeness (QED) is 0.417. The van der Waals surface area contributed by atoms with Gasteiger partial charge >= 0.3 is 0 Å². The van der Waals surface area contributed by atoms with Crippen LogP contribution in [0.3, 0.4) is 0 Å². The lowest BCUT2D eigenvalue weighted by molar-refractivity contribution is 0.0167. The second kappa shape index (κ2) is 11.2. The van der Waals surface area contributed by atoms with Crippen molar-refractivity contribution in [1.29, 1.82) is 0 Å². The molecule has 2 aromatic carbocycles. The van der Waals surface area contributed by atoms with Crippen LogP contribution in [0.2, 0.25) is 0 Å². The first-order valence-corrected chi connectivity index (χ1v) is 14.1. The Morgan fingerprint density at radius 2 is 1.45 bits per heavy atom. The minimum absolute atomic E-state index is 0.0785. The van der Waals surface area contributed by atoms with Crippen molar-refractivity contribution in [3.63, 3.8) is 0 Å². The van der Waals surface area contributed by atoms with E-state index in [4.69, 9.17) is 0 Å². The summed E-state index contributed by atoms with van der Waals surface area (Å²) >= 11 is 0. The first kappa shape index (κ1) is 26.4. The number of aryl methyl sites for hydroxylation is 2. The van der Waals surface area contributed by atoms with E-state index in [-0.39, 0.29) is 11.4 Å². The molecule has 0 N–H and O–H groups in total. The summed E-state index contributed by atoms with van der Waals surface area (Å²) in [6, 6.07) is 22.6. The number of nitrogens with zero attached hydrogens (tertiary/aromatic N) is 5. The third-order valence-corrected chi connectivity index (χ3v) is 8.94. The predicted octanol–water partition coefficient (Wildman–Crippen LogP) is 5.82. The van der Waals surface area contributed by atoms with Crippen molar-refractivity contribution in [3.8, 4) is 0 Å². The van der Waals surface area contributed by atoms with E-state index >= 15 is 0 Å². The normalized spacial score (nSPS) is 19.2. The maximum Gasteiger partial charge on any atom is 0.257 e. The van der Waals surface area contributed by atoms with Gasteiger partial charge in [0.1, 0.15) is 6.33 Å².